The largest absolute Gasteiger partial charge is 0.333 e. The lowest BCUT2D eigenvalue weighted by Crippen LogP contribution is -2.37. The van der Waals surface area contributed by atoms with E-state index >= 15 is 0 Å². The Morgan fingerprint density at radius 3 is 2.71 bits per heavy atom. The second kappa shape index (κ2) is 6.77. The van der Waals surface area contributed by atoms with Crippen molar-refractivity contribution in [3.63, 3.8) is 0 Å². The first kappa shape index (κ1) is 14.2. The highest BCUT2D eigenvalue weighted by atomic mass is 15.2. The predicted molar refractivity (Wildman–Crippen MR) is 71.8 cm³/mol. The van der Waals surface area contributed by atoms with Crippen LogP contribution in [0.25, 0.3) is 0 Å². The van der Waals surface area contributed by atoms with Crippen molar-refractivity contribution in [1.82, 2.24) is 14.5 Å². The average molecular weight is 238 g/mol. The number of aryl methyl sites for hydroxylation is 1. The first-order chi connectivity index (χ1) is 8.15. The standard InChI is InChI=1S/C13H26N4/c1-5-7-17-10-15-9-13(17)12(8-14)16(4)11(3)6-2/h9-12H,5-8,14H2,1-4H3. The van der Waals surface area contributed by atoms with Gasteiger partial charge in [-0.15, -0.1) is 0 Å². The van der Waals surface area contributed by atoms with Crippen molar-refractivity contribution < 1.29 is 0 Å². The molecule has 2 N–H and O–H groups in total. The van der Waals surface area contributed by atoms with Gasteiger partial charge in [0.15, 0.2) is 0 Å². The van der Waals surface area contributed by atoms with E-state index in [9.17, 15) is 0 Å². The number of likely N-dealkylation sites (N-methyl/N-ethyl adjacent to an activating group) is 1. The van der Waals surface area contributed by atoms with E-state index in [1.54, 1.807) is 0 Å². The molecule has 0 radical (unpaired) electrons. The van der Waals surface area contributed by atoms with Crippen LogP contribution in [-0.4, -0.2) is 34.1 Å². The Kier molecular flexibility index (Phi) is 5.65. The third kappa shape index (κ3) is 3.30. The van der Waals surface area contributed by atoms with Crippen molar-refractivity contribution >= 4 is 0 Å². The zero-order valence-electron chi connectivity index (χ0n) is 11.6. The third-order valence-corrected chi connectivity index (χ3v) is 3.55. The lowest BCUT2D eigenvalue weighted by atomic mass is 10.1. The molecule has 2 atom stereocenters. The quantitative estimate of drug-likeness (QED) is 0.790. The van der Waals surface area contributed by atoms with Crippen LogP contribution in [0.4, 0.5) is 0 Å². The van der Waals surface area contributed by atoms with Crippen molar-refractivity contribution in [2.75, 3.05) is 13.6 Å². The minimum atomic E-state index is 0.263. The van der Waals surface area contributed by atoms with Gasteiger partial charge in [0.25, 0.3) is 0 Å². The van der Waals surface area contributed by atoms with E-state index in [0.29, 0.717) is 12.6 Å². The fraction of sp³-hybridized carbons (Fsp3) is 0.769. The molecule has 0 aliphatic rings. The molecule has 1 aromatic heterocycles. The Labute approximate surface area is 105 Å². The Bertz CT molecular complexity index is 321. The van der Waals surface area contributed by atoms with E-state index < -0.39 is 0 Å². The molecule has 0 aromatic carbocycles. The molecule has 1 aromatic rings. The first-order valence-corrected chi connectivity index (χ1v) is 6.57. The van der Waals surface area contributed by atoms with Gasteiger partial charge in [0.1, 0.15) is 0 Å². The summed E-state index contributed by atoms with van der Waals surface area (Å²) in [5.41, 5.74) is 7.17. The van der Waals surface area contributed by atoms with Crippen molar-refractivity contribution in [2.45, 2.75) is 52.2 Å². The molecule has 0 bridgehead atoms. The summed E-state index contributed by atoms with van der Waals surface area (Å²) in [6.07, 6.45) is 6.11. The van der Waals surface area contributed by atoms with Crippen LogP contribution in [-0.2, 0) is 6.54 Å². The van der Waals surface area contributed by atoms with Crippen molar-refractivity contribution in [2.24, 2.45) is 5.73 Å². The van der Waals surface area contributed by atoms with Crippen molar-refractivity contribution in [3.05, 3.63) is 18.2 Å². The number of nitrogens with zero attached hydrogens (tertiary/aromatic N) is 3. The molecule has 17 heavy (non-hydrogen) atoms. The maximum Gasteiger partial charge on any atom is 0.0948 e. The maximum atomic E-state index is 5.94. The fourth-order valence-electron chi connectivity index (χ4n) is 2.13. The molecule has 0 fully saturated rings. The van der Waals surface area contributed by atoms with Gasteiger partial charge in [0, 0.05) is 25.3 Å². The molecule has 0 saturated heterocycles. The van der Waals surface area contributed by atoms with Crippen LogP contribution >= 0.6 is 0 Å². The van der Waals surface area contributed by atoms with Gasteiger partial charge < -0.3 is 10.3 Å². The summed E-state index contributed by atoms with van der Waals surface area (Å²) < 4.78 is 2.22. The third-order valence-electron chi connectivity index (χ3n) is 3.55. The Balaban J connectivity index is 2.88. The van der Waals surface area contributed by atoms with E-state index in [4.69, 9.17) is 5.73 Å². The molecule has 98 valence electrons. The summed E-state index contributed by atoms with van der Waals surface area (Å²) in [4.78, 5) is 6.61. The van der Waals surface area contributed by atoms with Gasteiger partial charge in [0.2, 0.25) is 0 Å². The summed E-state index contributed by atoms with van der Waals surface area (Å²) in [5, 5.41) is 0. The van der Waals surface area contributed by atoms with E-state index in [1.165, 1.54) is 5.69 Å². The molecular formula is C13H26N4. The van der Waals surface area contributed by atoms with E-state index in [2.05, 4.69) is 42.3 Å². The summed E-state index contributed by atoms with van der Waals surface area (Å²) in [5.74, 6) is 0. The number of rotatable bonds is 7. The lowest BCUT2D eigenvalue weighted by molar-refractivity contribution is 0.178. The monoisotopic (exact) mass is 238 g/mol. The van der Waals surface area contributed by atoms with Crippen LogP contribution < -0.4 is 5.73 Å². The summed E-state index contributed by atoms with van der Waals surface area (Å²) in [6, 6.07) is 0.799. The molecule has 0 saturated carbocycles. The van der Waals surface area contributed by atoms with Crippen molar-refractivity contribution in [3.8, 4) is 0 Å². The van der Waals surface area contributed by atoms with Gasteiger partial charge in [-0.3, -0.25) is 4.90 Å². The topological polar surface area (TPSA) is 47.1 Å². The lowest BCUT2D eigenvalue weighted by Gasteiger charge is -2.32. The Morgan fingerprint density at radius 1 is 1.47 bits per heavy atom. The van der Waals surface area contributed by atoms with Crippen LogP contribution in [0.5, 0.6) is 0 Å². The number of hydrogen-bond acceptors (Lipinski definition) is 3. The SMILES string of the molecule is CCCn1cncc1C(CN)N(C)C(C)CC. The Morgan fingerprint density at radius 2 is 2.18 bits per heavy atom. The minimum Gasteiger partial charge on any atom is -0.333 e. The fourth-order valence-corrected chi connectivity index (χ4v) is 2.13. The highest BCUT2D eigenvalue weighted by Crippen LogP contribution is 2.21. The first-order valence-electron chi connectivity index (χ1n) is 6.57. The van der Waals surface area contributed by atoms with Crippen molar-refractivity contribution in [1.29, 1.82) is 0 Å². The second-order valence-electron chi connectivity index (χ2n) is 4.69. The molecule has 0 spiro atoms. The summed E-state index contributed by atoms with van der Waals surface area (Å²) >= 11 is 0. The molecule has 1 rings (SSSR count). The average Bonchev–Trinajstić information content (AvgIpc) is 2.78. The Hall–Kier alpha value is -0.870. The van der Waals surface area contributed by atoms with Gasteiger partial charge in [-0.25, -0.2) is 4.98 Å². The summed E-state index contributed by atoms with van der Waals surface area (Å²) in [6.45, 7) is 8.28. The molecular weight excluding hydrogens is 212 g/mol. The minimum absolute atomic E-state index is 0.263. The second-order valence-corrected chi connectivity index (χ2v) is 4.69. The smallest absolute Gasteiger partial charge is 0.0948 e. The zero-order valence-corrected chi connectivity index (χ0v) is 11.6. The molecule has 4 nitrogen and oxygen atoms in total. The molecule has 0 aliphatic heterocycles. The van der Waals surface area contributed by atoms with Gasteiger partial charge in [-0.05, 0) is 26.8 Å². The van der Waals surface area contributed by atoms with Crippen LogP contribution in [0.1, 0.15) is 45.3 Å². The van der Waals surface area contributed by atoms with Crippen LogP contribution in [0.3, 0.4) is 0 Å². The normalized spacial score (nSPS) is 15.2. The molecule has 4 heteroatoms. The van der Waals surface area contributed by atoms with Crippen LogP contribution in [0, 0.1) is 0 Å². The number of hydrogen-bond donors (Lipinski definition) is 1. The van der Waals surface area contributed by atoms with Crippen LogP contribution in [0.2, 0.25) is 0 Å². The highest BCUT2D eigenvalue weighted by Gasteiger charge is 2.22. The predicted octanol–water partition coefficient (Wildman–Crippen LogP) is 2.02. The number of nitrogens with two attached hydrogens (primary N) is 1. The highest BCUT2D eigenvalue weighted by molar-refractivity contribution is 5.06. The van der Waals surface area contributed by atoms with Gasteiger partial charge >= 0.3 is 0 Å². The number of aromatic nitrogens is 2. The molecule has 0 amide bonds. The number of imidazole rings is 1. The van der Waals surface area contributed by atoms with E-state index in [1.807, 2.05) is 12.5 Å². The zero-order chi connectivity index (χ0) is 12.8. The van der Waals surface area contributed by atoms with E-state index in [-0.39, 0.29) is 6.04 Å². The van der Waals surface area contributed by atoms with Gasteiger partial charge in [0.05, 0.1) is 18.1 Å². The molecule has 0 aliphatic carbocycles. The molecule has 2 unspecified atom stereocenters. The summed E-state index contributed by atoms with van der Waals surface area (Å²) in [7, 11) is 2.15. The van der Waals surface area contributed by atoms with Gasteiger partial charge in [-0.1, -0.05) is 13.8 Å². The maximum absolute atomic E-state index is 5.94. The van der Waals surface area contributed by atoms with Gasteiger partial charge in [-0.2, -0.15) is 0 Å². The van der Waals surface area contributed by atoms with E-state index in [0.717, 1.165) is 19.4 Å². The molecule has 1 heterocycles. The van der Waals surface area contributed by atoms with Crippen LogP contribution in [0.15, 0.2) is 12.5 Å².